The summed E-state index contributed by atoms with van der Waals surface area (Å²) < 4.78 is 23.5. The second-order valence-corrected chi connectivity index (χ2v) is 9.83. The third-order valence-corrected chi connectivity index (χ3v) is 7.66. The number of hydrogen-bond acceptors (Lipinski definition) is 7. The Kier molecular flexibility index (Phi) is 7.78. The number of carbonyl (C=O) groups excluding carboxylic acids is 3. The zero-order valence-electron chi connectivity index (χ0n) is 20.5. The summed E-state index contributed by atoms with van der Waals surface area (Å²) in [6.45, 7) is 6.54. The fourth-order valence-electron chi connectivity index (χ4n) is 5.45. The maximum atomic E-state index is 13.2. The lowest BCUT2D eigenvalue weighted by molar-refractivity contribution is -0.152. The molecule has 0 aromatic heterocycles. The van der Waals surface area contributed by atoms with Gasteiger partial charge in [0, 0.05) is 57.4 Å². The van der Waals surface area contributed by atoms with Crippen molar-refractivity contribution in [2.45, 2.75) is 44.8 Å². The van der Waals surface area contributed by atoms with Gasteiger partial charge in [0.2, 0.25) is 5.91 Å². The van der Waals surface area contributed by atoms with Crippen molar-refractivity contribution < 1.29 is 28.2 Å². The first-order valence-corrected chi connectivity index (χ1v) is 12.3. The summed E-state index contributed by atoms with van der Waals surface area (Å²) in [7, 11) is 1.25. The van der Waals surface area contributed by atoms with Crippen LogP contribution in [0.15, 0.2) is 24.3 Å². The molecule has 3 fully saturated rings. The van der Waals surface area contributed by atoms with E-state index in [1.165, 1.54) is 19.2 Å². The molecule has 1 aromatic rings. The highest BCUT2D eigenvalue weighted by molar-refractivity contribution is 5.83. The highest BCUT2D eigenvalue weighted by Crippen LogP contribution is 2.44. The smallest absolute Gasteiger partial charge is 0.407 e. The first-order valence-electron chi connectivity index (χ1n) is 12.3. The molecule has 1 aromatic carbocycles. The summed E-state index contributed by atoms with van der Waals surface area (Å²) in [5.41, 5.74) is 0.528. The molecule has 2 atom stereocenters. The van der Waals surface area contributed by atoms with Crippen molar-refractivity contribution in [3.05, 3.63) is 30.1 Å². The summed E-state index contributed by atoms with van der Waals surface area (Å²) in [5, 5.41) is 2.41. The van der Waals surface area contributed by atoms with Crippen LogP contribution in [-0.4, -0.2) is 92.8 Å². The van der Waals surface area contributed by atoms with Crippen molar-refractivity contribution in [3.8, 4) is 0 Å². The van der Waals surface area contributed by atoms with E-state index in [-0.39, 0.29) is 30.3 Å². The van der Waals surface area contributed by atoms with E-state index in [9.17, 15) is 18.8 Å². The zero-order valence-corrected chi connectivity index (χ0v) is 20.5. The van der Waals surface area contributed by atoms with E-state index in [2.05, 4.69) is 26.8 Å². The Morgan fingerprint density at radius 1 is 1.17 bits per heavy atom. The first kappa shape index (κ1) is 25.2. The molecular weight excluding hydrogens is 455 g/mol. The molecule has 0 unspecified atom stereocenters. The number of benzene rings is 1. The minimum absolute atomic E-state index is 0.104. The molecule has 192 valence electrons. The molecule has 0 radical (unpaired) electrons. The number of methoxy groups -OCH3 is 1. The number of nitrogens with one attached hydrogen (secondary N) is 1. The maximum Gasteiger partial charge on any atom is 0.407 e. The molecule has 2 amide bonds. The second kappa shape index (κ2) is 10.8. The number of piperidine rings is 1. The monoisotopic (exact) mass is 490 g/mol. The number of nitrogens with zero attached hydrogens (tertiary/aromatic N) is 3. The van der Waals surface area contributed by atoms with Gasteiger partial charge in [-0.2, -0.15) is 0 Å². The van der Waals surface area contributed by atoms with Crippen LogP contribution in [0.3, 0.4) is 0 Å². The van der Waals surface area contributed by atoms with Gasteiger partial charge in [-0.1, -0.05) is 0 Å². The van der Waals surface area contributed by atoms with E-state index < -0.39 is 11.5 Å². The molecule has 0 saturated carbocycles. The van der Waals surface area contributed by atoms with Crippen molar-refractivity contribution in [3.63, 3.8) is 0 Å². The quantitative estimate of drug-likeness (QED) is 0.610. The fraction of sp³-hybridized carbons (Fsp3) is 0.640. The van der Waals surface area contributed by atoms with Crippen molar-refractivity contribution in [1.82, 2.24) is 15.1 Å². The molecule has 4 rings (SSSR count). The number of alkyl carbamates (subject to hydrolysis) is 1. The number of cyclic esters (lactones) is 1. The number of piperazine rings is 1. The molecule has 10 heteroatoms. The largest absolute Gasteiger partial charge is 0.462 e. The number of amides is 2. The lowest BCUT2D eigenvalue weighted by atomic mass is 9.75. The molecule has 9 nitrogen and oxygen atoms in total. The Balaban J connectivity index is 1.22. The Labute approximate surface area is 205 Å². The van der Waals surface area contributed by atoms with Crippen LogP contribution in [0.2, 0.25) is 0 Å². The predicted molar refractivity (Wildman–Crippen MR) is 127 cm³/mol. The second-order valence-electron chi connectivity index (χ2n) is 9.83. The van der Waals surface area contributed by atoms with E-state index in [1.807, 2.05) is 12.1 Å². The first-order chi connectivity index (χ1) is 16.8. The number of ether oxygens (including phenoxy) is 2. The lowest BCUT2D eigenvalue weighted by Crippen LogP contribution is -2.52. The Hall–Kier alpha value is -2.88. The average Bonchev–Trinajstić information content (AvgIpc) is 3.16. The van der Waals surface area contributed by atoms with Crippen LogP contribution in [-0.2, 0) is 19.1 Å². The number of rotatable bonds is 6. The van der Waals surface area contributed by atoms with Crippen LogP contribution in [0.4, 0.5) is 14.9 Å². The number of esters is 1. The van der Waals surface area contributed by atoms with Gasteiger partial charge in [0.15, 0.2) is 0 Å². The fourth-order valence-corrected chi connectivity index (χ4v) is 5.45. The number of hydrogen-bond donors (Lipinski definition) is 1. The van der Waals surface area contributed by atoms with Crippen molar-refractivity contribution >= 4 is 23.7 Å². The predicted octanol–water partition coefficient (Wildman–Crippen LogP) is 2.01. The van der Waals surface area contributed by atoms with Gasteiger partial charge in [-0.25, -0.2) is 9.18 Å². The van der Waals surface area contributed by atoms with Crippen LogP contribution in [0.5, 0.6) is 0 Å². The third-order valence-electron chi connectivity index (χ3n) is 7.66. The van der Waals surface area contributed by atoms with Crippen molar-refractivity contribution in [1.29, 1.82) is 0 Å². The van der Waals surface area contributed by atoms with E-state index in [1.54, 1.807) is 4.90 Å². The van der Waals surface area contributed by atoms with Crippen LogP contribution in [0, 0.1) is 11.2 Å². The molecule has 0 bridgehead atoms. The Bertz CT molecular complexity index is 919. The maximum absolute atomic E-state index is 13.2. The summed E-state index contributed by atoms with van der Waals surface area (Å²) in [6, 6.07) is 6.98. The van der Waals surface area contributed by atoms with Crippen LogP contribution >= 0.6 is 0 Å². The minimum Gasteiger partial charge on any atom is -0.462 e. The molecule has 0 aliphatic carbocycles. The molecule has 3 heterocycles. The van der Waals surface area contributed by atoms with Gasteiger partial charge >= 0.3 is 12.1 Å². The number of halogens is 1. The Morgan fingerprint density at radius 3 is 2.54 bits per heavy atom. The zero-order chi connectivity index (χ0) is 25.0. The molecular formula is C25H35FN4O5. The molecule has 1 spiro atoms. The average molecular weight is 491 g/mol. The van der Waals surface area contributed by atoms with Gasteiger partial charge < -0.3 is 24.6 Å². The summed E-state index contributed by atoms with van der Waals surface area (Å²) in [6.07, 6.45) is 1.91. The van der Waals surface area contributed by atoms with Crippen molar-refractivity contribution in [2.75, 3.05) is 57.8 Å². The highest BCUT2D eigenvalue weighted by atomic mass is 19.1. The van der Waals surface area contributed by atoms with Crippen molar-refractivity contribution in [2.24, 2.45) is 5.41 Å². The normalized spacial score (nSPS) is 24.4. The summed E-state index contributed by atoms with van der Waals surface area (Å²) >= 11 is 0. The van der Waals surface area contributed by atoms with Crippen LogP contribution in [0.1, 0.15) is 32.6 Å². The van der Waals surface area contributed by atoms with Gasteiger partial charge in [-0.15, -0.1) is 0 Å². The molecule has 3 aliphatic heterocycles. The van der Waals surface area contributed by atoms with Gasteiger partial charge in [0.1, 0.15) is 18.5 Å². The van der Waals surface area contributed by atoms with E-state index in [4.69, 9.17) is 4.74 Å². The van der Waals surface area contributed by atoms with Gasteiger partial charge in [-0.3, -0.25) is 14.5 Å². The van der Waals surface area contributed by atoms with E-state index in [0.29, 0.717) is 38.4 Å². The van der Waals surface area contributed by atoms with E-state index in [0.717, 1.165) is 38.3 Å². The van der Waals surface area contributed by atoms with Gasteiger partial charge in [-0.05, 0) is 50.5 Å². The lowest BCUT2D eigenvalue weighted by Gasteiger charge is -2.41. The highest BCUT2D eigenvalue weighted by Gasteiger charge is 2.50. The molecule has 3 aliphatic rings. The third kappa shape index (κ3) is 5.86. The van der Waals surface area contributed by atoms with Gasteiger partial charge in [0.25, 0.3) is 0 Å². The minimum atomic E-state index is -0.639. The summed E-state index contributed by atoms with van der Waals surface area (Å²) in [4.78, 5) is 42.7. The van der Waals surface area contributed by atoms with Crippen LogP contribution in [0.25, 0.3) is 0 Å². The number of carbonyl (C=O) groups is 3. The SMILES string of the molecule is COC(=O)NCC(=O)N1CCC2(CC1)C[C@H](CCN1CCN(c3ccc(F)cc3)C[C@@H]1C)OC2=O. The summed E-state index contributed by atoms with van der Waals surface area (Å²) in [5.74, 6) is -0.546. The molecule has 35 heavy (non-hydrogen) atoms. The molecule has 3 saturated heterocycles. The topological polar surface area (TPSA) is 91.4 Å². The number of likely N-dealkylation sites (tertiary alicyclic amines) is 1. The van der Waals surface area contributed by atoms with Gasteiger partial charge in [0.05, 0.1) is 12.5 Å². The van der Waals surface area contributed by atoms with E-state index >= 15 is 0 Å². The Morgan fingerprint density at radius 2 is 1.89 bits per heavy atom. The standard InChI is InChI=1S/C25H35FN4O5/c1-18-17-30(20-5-3-19(26)4-6-20)14-13-28(18)10-7-21-15-25(23(32)35-21)8-11-29(12-9-25)22(31)16-27-24(33)34-2/h3-6,18,21H,7-17H2,1-2H3,(H,27,33)/t18-,21-/m0/s1. The van der Waals surface area contributed by atoms with Crippen LogP contribution < -0.4 is 10.2 Å². The molecule has 1 N–H and O–H groups in total. The number of anilines is 1.